The summed E-state index contributed by atoms with van der Waals surface area (Å²) in [7, 11) is 0. The first-order valence-electron chi connectivity index (χ1n) is 5.73. The lowest BCUT2D eigenvalue weighted by atomic mass is 10.1. The summed E-state index contributed by atoms with van der Waals surface area (Å²) in [6, 6.07) is 0.503. The summed E-state index contributed by atoms with van der Waals surface area (Å²) < 4.78 is 0. The molecule has 1 aliphatic rings. The van der Waals surface area contributed by atoms with Crippen molar-refractivity contribution in [3.63, 3.8) is 0 Å². The van der Waals surface area contributed by atoms with Crippen molar-refractivity contribution in [2.24, 2.45) is 0 Å². The maximum Gasteiger partial charge on any atom is 0.0329 e. The van der Waals surface area contributed by atoms with Crippen LogP contribution in [0.2, 0.25) is 0 Å². The molecule has 0 radical (unpaired) electrons. The van der Waals surface area contributed by atoms with Crippen molar-refractivity contribution in [1.82, 2.24) is 5.32 Å². The molecule has 1 aliphatic heterocycles. The lowest BCUT2D eigenvalue weighted by Gasteiger charge is -2.35. The Bertz CT molecular complexity index is 212. The van der Waals surface area contributed by atoms with Crippen LogP contribution in [0.25, 0.3) is 0 Å². The number of thioether (sulfide) groups is 2. The van der Waals surface area contributed by atoms with E-state index in [2.05, 4.69) is 48.6 Å². The van der Waals surface area contributed by atoms with E-state index in [0.717, 1.165) is 18.2 Å². The smallest absolute Gasteiger partial charge is 0.0329 e. The monoisotopic (exact) mass is 243 g/mol. The highest BCUT2D eigenvalue weighted by molar-refractivity contribution is 8.07. The fraction of sp³-hybridized carbons (Fsp3) is 0.833. The summed E-state index contributed by atoms with van der Waals surface area (Å²) in [6.07, 6.45) is 7.57. The van der Waals surface area contributed by atoms with Crippen LogP contribution in [-0.2, 0) is 0 Å². The Morgan fingerprint density at radius 1 is 1.40 bits per heavy atom. The van der Waals surface area contributed by atoms with Crippen LogP contribution in [-0.4, -0.2) is 34.6 Å². The first kappa shape index (κ1) is 13.3. The van der Waals surface area contributed by atoms with E-state index in [4.69, 9.17) is 6.42 Å². The Kier molecular flexibility index (Phi) is 6.63. The van der Waals surface area contributed by atoms with Gasteiger partial charge in [0.15, 0.2) is 0 Å². The molecule has 1 N–H and O–H groups in total. The Morgan fingerprint density at radius 3 is 2.73 bits per heavy atom. The van der Waals surface area contributed by atoms with Gasteiger partial charge in [0.2, 0.25) is 0 Å². The summed E-state index contributed by atoms with van der Waals surface area (Å²) in [5.74, 6) is 5.39. The highest BCUT2D eigenvalue weighted by Gasteiger charge is 2.30. The van der Waals surface area contributed by atoms with E-state index in [1.807, 2.05) is 0 Å². The van der Waals surface area contributed by atoms with Crippen LogP contribution in [0.5, 0.6) is 0 Å². The molecule has 1 saturated heterocycles. The molecule has 1 rings (SSSR count). The number of hydrogen-bond acceptors (Lipinski definition) is 3. The zero-order valence-corrected chi connectivity index (χ0v) is 11.3. The van der Waals surface area contributed by atoms with Gasteiger partial charge in [0.05, 0.1) is 0 Å². The Hall–Kier alpha value is 0.220. The van der Waals surface area contributed by atoms with Crippen LogP contribution < -0.4 is 5.32 Å². The van der Waals surface area contributed by atoms with Gasteiger partial charge in [-0.1, -0.05) is 13.8 Å². The number of terminal acetylenes is 1. The van der Waals surface area contributed by atoms with E-state index in [1.54, 1.807) is 0 Å². The molecule has 3 atom stereocenters. The van der Waals surface area contributed by atoms with Crippen LogP contribution >= 0.6 is 23.5 Å². The number of rotatable bonds is 5. The number of nitrogens with one attached hydrogen (secondary N) is 1. The minimum atomic E-state index is 0.503. The fourth-order valence-electron chi connectivity index (χ4n) is 2.00. The minimum Gasteiger partial charge on any atom is -0.312 e. The fourth-order valence-corrected chi connectivity index (χ4v) is 5.27. The zero-order valence-electron chi connectivity index (χ0n) is 9.66. The average Bonchev–Trinajstić information content (AvgIpc) is 2.29. The van der Waals surface area contributed by atoms with Crippen molar-refractivity contribution in [1.29, 1.82) is 0 Å². The third-order valence-corrected chi connectivity index (χ3v) is 6.10. The third-order valence-electron chi connectivity index (χ3n) is 2.70. The summed E-state index contributed by atoms with van der Waals surface area (Å²) in [6.45, 7) is 5.46. The molecule has 3 unspecified atom stereocenters. The van der Waals surface area contributed by atoms with Crippen LogP contribution in [0.4, 0.5) is 0 Å². The normalized spacial score (nSPS) is 28.3. The van der Waals surface area contributed by atoms with Crippen LogP contribution in [0.15, 0.2) is 0 Å². The second-order valence-electron chi connectivity index (χ2n) is 3.73. The van der Waals surface area contributed by atoms with Crippen LogP contribution in [0.1, 0.15) is 26.7 Å². The Morgan fingerprint density at radius 2 is 2.13 bits per heavy atom. The quantitative estimate of drug-likeness (QED) is 0.746. The van der Waals surface area contributed by atoms with E-state index in [-0.39, 0.29) is 0 Å². The summed E-state index contributed by atoms with van der Waals surface area (Å²) in [5, 5.41) is 5.02. The SMILES string of the molecule is C#CCC(NCC)C1SCCSC1CC. The van der Waals surface area contributed by atoms with Crippen molar-refractivity contribution in [3.8, 4) is 12.3 Å². The second kappa shape index (κ2) is 7.49. The highest BCUT2D eigenvalue weighted by Crippen LogP contribution is 2.35. The van der Waals surface area contributed by atoms with Gasteiger partial charge in [0, 0.05) is 34.5 Å². The van der Waals surface area contributed by atoms with E-state index in [0.29, 0.717) is 11.3 Å². The molecule has 0 aromatic heterocycles. The molecular formula is C12H21NS2. The second-order valence-corrected chi connectivity index (χ2v) is 6.36. The van der Waals surface area contributed by atoms with Crippen LogP contribution in [0, 0.1) is 12.3 Å². The van der Waals surface area contributed by atoms with E-state index < -0.39 is 0 Å². The van der Waals surface area contributed by atoms with Gasteiger partial charge in [-0.15, -0.1) is 12.3 Å². The van der Waals surface area contributed by atoms with Gasteiger partial charge in [0.1, 0.15) is 0 Å². The first-order chi connectivity index (χ1) is 7.33. The van der Waals surface area contributed by atoms with Crippen molar-refractivity contribution in [2.45, 2.75) is 43.2 Å². The molecule has 0 bridgehead atoms. The Labute approximate surface area is 103 Å². The molecule has 0 spiro atoms. The van der Waals surface area contributed by atoms with Crippen molar-refractivity contribution < 1.29 is 0 Å². The first-order valence-corrected chi connectivity index (χ1v) is 7.83. The lowest BCUT2D eigenvalue weighted by molar-refractivity contribution is 0.502. The van der Waals surface area contributed by atoms with Gasteiger partial charge < -0.3 is 5.32 Å². The maximum absolute atomic E-state index is 5.45. The molecule has 0 amide bonds. The molecule has 1 heterocycles. The molecule has 86 valence electrons. The van der Waals surface area contributed by atoms with Gasteiger partial charge in [-0.2, -0.15) is 23.5 Å². The molecule has 0 aliphatic carbocycles. The lowest BCUT2D eigenvalue weighted by Crippen LogP contribution is -2.44. The highest BCUT2D eigenvalue weighted by atomic mass is 32.2. The Balaban J connectivity index is 2.58. The van der Waals surface area contributed by atoms with Crippen LogP contribution in [0.3, 0.4) is 0 Å². The van der Waals surface area contributed by atoms with Crippen molar-refractivity contribution in [3.05, 3.63) is 0 Å². The average molecular weight is 243 g/mol. The summed E-state index contributed by atoms with van der Waals surface area (Å²) in [4.78, 5) is 0. The molecule has 1 fully saturated rings. The maximum atomic E-state index is 5.45. The van der Waals surface area contributed by atoms with E-state index in [1.165, 1.54) is 17.9 Å². The van der Waals surface area contributed by atoms with Crippen molar-refractivity contribution >= 4 is 23.5 Å². The summed E-state index contributed by atoms with van der Waals surface area (Å²) >= 11 is 4.23. The topological polar surface area (TPSA) is 12.0 Å². The number of hydrogen-bond donors (Lipinski definition) is 1. The van der Waals surface area contributed by atoms with Gasteiger partial charge >= 0.3 is 0 Å². The molecule has 0 saturated carbocycles. The predicted octanol–water partition coefficient (Wildman–Crippen LogP) is 2.62. The molecule has 1 nitrogen and oxygen atoms in total. The van der Waals surface area contributed by atoms with E-state index in [9.17, 15) is 0 Å². The predicted molar refractivity (Wildman–Crippen MR) is 73.7 cm³/mol. The minimum absolute atomic E-state index is 0.503. The van der Waals surface area contributed by atoms with Gasteiger partial charge in [-0.3, -0.25) is 0 Å². The van der Waals surface area contributed by atoms with Gasteiger partial charge in [0.25, 0.3) is 0 Å². The zero-order chi connectivity index (χ0) is 11.1. The molecule has 15 heavy (non-hydrogen) atoms. The van der Waals surface area contributed by atoms with E-state index >= 15 is 0 Å². The standard InChI is InChI=1S/C12H21NS2/c1-4-7-10(13-6-3)12-11(5-2)14-8-9-15-12/h1,10-13H,5-9H2,2-3H3. The molecule has 0 aromatic rings. The molecular weight excluding hydrogens is 222 g/mol. The molecule has 0 aromatic carbocycles. The van der Waals surface area contributed by atoms with Gasteiger partial charge in [-0.05, 0) is 13.0 Å². The third kappa shape index (κ3) is 3.94. The van der Waals surface area contributed by atoms with Crippen molar-refractivity contribution in [2.75, 3.05) is 18.1 Å². The molecule has 3 heteroatoms. The largest absolute Gasteiger partial charge is 0.312 e. The van der Waals surface area contributed by atoms with Gasteiger partial charge in [-0.25, -0.2) is 0 Å². The summed E-state index contributed by atoms with van der Waals surface area (Å²) in [5.41, 5.74) is 0.